The van der Waals surface area contributed by atoms with Gasteiger partial charge in [-0.25, -0.2) is 4.68 Å². The standard InChI is InChI=1S/C28H30N4O3/c1-16-6-9-19(12-17(16)2)30-27(34)21-15-29-32-25(18-7-10-20(35-5)11-8-18)24-22(31-26(21)32)13-28(3,4)14-23(24)33/h6-12,15,25,31H,13-14H2,1-5H3,(H,30,34). The van der Waals surface area contributed by atoms with Gasteiger partial charge in [-0.3, -0.25) is 9.59 Å². The number of anilines is 2. The minimum atomic E-state index is -0.418. The van der Waals surface area contributed by atoms with Crippen LogP contribution in [-0.2, 0) is 4.79 Å². The molecule has 2 aromatic carbocycles. The Kier molecular flexibility index (Phi) is 5.50. The number of nitrogens with one attached hydrogen (secondary N) is 2. The molecule has 2 N–H and O–H groups in total. The van der Waals surface area contributed by atoms with Crippen molar-refractivity contribution in [3.63, 3.8) is 0 Å². The number of carbonyl (C=O) groups is 2. The minimum Gasteiger partial charge on any atom is -0.497 e. The van der Waals surface area contributed by atoms with Crippen LogP contribution >= 0.6 is 0 Å². The van der Waals surface area contributed by atoms with Crippen molar-refractivity contribution in [3.8, 4) is 5.75 Å². The summed E-state index contributed by atoms with van der Waals surface area (Å²) in [5, 5.41) is 11.0. The molecule has 180 valence electrons. The van der Waals surface area contributed by atoms with E-state index < -0.39 is 6.04 Å². The van der Waals surface area contributed by atoms with Crippen LogP contribution in [0.5, 0.6) is 5.75 Å². The smallest absolute Gasteiger partial charge is 0.261 e. The molecule has 1 aromatic heterocycles. The molecule has 0 saturated heterocycles. The average molecular weight is 471 g/mol. The van der Waals surface area contributed by atoms with Gasteiger partial charge in [-0.1, -0.05) is 32.0 Å². The molecule has 3 aromatic rings. The summed E-state index contributed by atoms with van der Waals surface area (Å²) in [4.78, 5) is 26.7. The summed E-state index contributed by atoms with van der Waals surface area (Å²) in [7, 11) is 1.62. The van der Waals surface area contributed by atoms with Gasteiger partial charge >= 0.3 is 0 Å². The molecule has 2 aliphatic rings. The molecule has 0 bridgehead atoms. The van der Waals surface area contributed by atoms with Crippen molar-refractivity contribution in [1.29, 1.82) is 0 Å². The number of fused-ring (bicyclic) bond motifs is 1. The van der Waals surface area contributed by atoms with E-state index in [-0.39, 0.29) is 17.1 Å². The van der Waals surface area contributed by atoms with Crippen LogP contribution in [0.2, 0.25) is 0 Å². The Hall–Kier alpha value is -3.87. The van der Waals surface area contributed by atoms with Gasteiger partial charge in [0.2, 0.25) is 0 Å². The van der Waals surface area contributed by atoms with E-state index in [4.69, 9.17) is 4.74 Å². The topological polar surface area (TPSA) is 85.2 Å². The first-order valence-corrected chi connectivity index (χ1v) is 11.8. The number of aryl methyl sites for hydroxylation is 2. The first-order valence-electron chi connectivity index (χ1n) is 11.8. The quantitative estimate of drug-likeness (QED) is 0.532. The molecule has 35 heavy (non-hydrogen) atoms. The predicted molar refractivity (Wildman–Crippen MR) is 136 cm³/mol. The lowest BCUT2D eigenvalue weighted by molar-refractivity contribution is -0.118. The fourth-order valence-corrected chi connectivity index (χ4v) is 4.99. The Morgan fingerprint density at radius 1 is 1.11 bits per heavy atom. The first-order chi connectivity index (χ1) is 16.7. The van der Waals surface area contributed by atoms with Gasteiger partial charge < -0.3 is 15.4 Å². The Bertz CT molecular complexity index is 1370. The molecule has 5 rings (SSSR count). The summed E-state index contributed by atoms with van der Waals surface area (Å²) in [6.45, 7) is 8.25. The highest BCUT2D eigenvalue weighted by molar-refractivity contribution is 6.08. The number of hydrogen-bond donors (Lipinski definition) is 2. The number of methoxy groups -OCH3 is 1. The molecule has 1 unspecified atom stereocenters. The van der Waals surface area contributed by atoms with Crippen LogP contribution in [0.15, 0.2) is 59.9 Å². The minimum absolute atomic E-state index is 0.104. The number of allylic oxidation sites excluding steroid dienone is 2. The van der Waals surface area contributed by atoms with Crippen LogP contribution in [0.1, 0.15) is 59.8 Å². The number of amides is 1. The molecule has 1 aliphatic carbocycles. The molecule has 0 fully saturated rings. The molecule has 0 spiro atoms. The molecule has 0 saturated carbocycles. The summed E-state index contributed by atoms with van der Waals surface area (Å²) >= 11 is 0. The lowest BCUT2D eigenvalue weighted by Crippen LogP contribution is -2.37. The third-order valence-corrected chi connectivity index (χ3v) is 6.94. The molecule has 2 heterocycles. The van der Waals surface area contributed by atoms with Crippen LogP contribution in [0.4, 0.5) is 11.5 Å². The highest BCUT2D eigenvalue weighted by atomic mass is 16.5. The van der Waals surface area contributed by atoms with E-state index in [9.17, 15) is 9.59 Å². The van der Waals surface area contributed by atoms with Gasteiger partial charge in [-0.2, -0.15) is 5.10 Å². The third-order valence-electron chi connectivity index (χ3n) is 6.94. The van der Waals surface area contributed by atoms with Gasteiger partial charge in [0.1, 0.15) is 23.2 Å². The van der Waals surface area contributed by atoms with E-state index in [0.29, 0.717) is 29.8 Å². The van der Waals surface area contributed by atoms with Crippen molar-refractivity contribution < 1.29 is 14.3 Å². The van der Waals surface area contributed by atoms with Gasteiger partial charge in [0, 0.05) is 23.4 Å². The van der Waals surface area contributed by atoms with Crippen LogP contribution in [0.25, 0.3) is 0 Å². The van der Waals surface area contributed by atoms with Crippen LogP contribution in [0, 0.1) is 19.3 Å². The van der Waals surface area contributed by atoms with E-state index in [0.717, 1.165) is 28.3 Å². The van der Waals surface area contributed by atoms with Gasteiger partial charge in [-0.15, -0.1) is 0 Å². The fourth-order valence-electron chi connectivity index (χ4n) is 4.99. The van der Waals surface area contributed by atoms with Gasteiger partial charge in [0.15, 0.2) is 5.78 Å². The molecule has 1 atom stereocenters. The molecule has 0 radical (unpaired) electrons. The second-order valence-electron chi connectivity index (χ2n) is 10.2. The number of aromatic nitrogens is 2. The van der Waals surface area contributed by atoms with Gasteiger partial charge in [0.25, 0.3) is 5.91 Å². The highest BCUT2D eigenvalue weighted by Crippen LogP contribution is 2.46. The lowest BCUT2D eigenvalue weighted by Gasteiger charge is -2.39. The Morgan fingerprint density at radius 2 is 1.86 bits per heavy atom. The SMILES string of the molecule is COc1ccc(C2C3=C(CC(C)(C)CC3=O)Nc3c(C(=O)Nc4ccc(C)c(C)c4)cnn32)cc1. The normalized spacial score (nSPS) is 18.4. The number of ketones is 1. The number of benzene rings is 2. The number of ether oxygens (including phenoxy) is 1. The molecule has 7 nitrogen and oxygen atoms in total. The van der Waals surface area contributed by atoms with Crippen molar-refractivity contribution in [2.24, 2.45) is 5.41 Å². The summed E-state index contributed by atoms with van der Waals surface area (Å²) in [5.41, 5.74) is 5.76. The molecular formula is C28H30N4O3. The Morgan fingerprint density at radius 3 is 2.54 bits per heavy atom. The summed E-state index contributed by atoms with van der Waals surface area (Å²) in [6.07, 6.45) is 2.75. The van der Waals surface area contributed by atoms with Crippen molar-refractivity contribution in [3.05, 3.63) is 82.2 Å². The van der Waals surface area contributed by atoms with Crippen molar-refractivity contribution in [1.82, 2.24) is 9.78 Å². The van der Waals surface area contributed by atoms with Crippen LogP contribution in [0.3, 0.4) is 0 Å². The van der Waals surface area contributed by atoms with E-state index >= 15 is 0 Å². The maximum Gasteiger partial charge on any atom is 0.261 e. The number of nitrogens with zero attached hydrogens (tertiary/aromatic N) is 2. The summed E-state index contributed by atoms with van der Waals surface area (Å²) < 4.78 is 7.08. The van der Waals surface area contributed by atoms with Crippen molar-refractivity contribution in [2.75, 3.05) is 17.7 Å². The number of Topliss-reactive ketones (excluding diaryl/α,β-unsaturated/α-hetero) is 1. The Labute approximate surface area is 205 Å². The largest absolute Gasteiger partial charge is 0.497 e. The van der Waals surface area contributed by atoms with Crippen molar-refractivity contribution in [2.45, 2.75) is 46.6 Å². The zero-order valence-electron chi connectivity index (χ0n) is 20.7. The highest BCUT2D eigenvalue weighted by Gasteiger charge is 2.42. The van der Waals surface area contributed by atoms with Crippen molar-refractivity contribution >= 4 is 23.2 Å². The van der Waals surface area contributed by atoms with Gasteiger partial charge in [-0.05, 0) is 66.6 Å². The Balaban J connectivity index is 1.57. The second kappa shape index (κ2) is 8.41. The maximum atomic E-state index is 13.4. The fraction of sp³-hybridized carbons (Fsp3) is 0.321. The molecule has 1 aliphatic heterocycles. The first kappa shape index (κ1) is 22.9. The van der Waals surface area contributed by atoms with Crippen LogP contribution < -0.4 is 15.4 Å². The second-order valence-corrected chi connectivity index (χ2v) is 10.2. The van der Waals surface area contributed by atoms with Gasteiger partial charge in [0.05, 0.1) is 13.3 Å². The monoisotopic (exact) mass is 470 g/mol. The number of carbonyl (C=O) groups excluding carboxylic acids is 2. The van der Waals surface area contributed by atoms with E-state index in [1.807, 2.05) is 56.3 Å². The molecule has 1 amide bonds. The summed E-state index contributed by atoms with van der Waals surface area (Å²) in [6, 6.07) is 13.1. The molecule has 7 heteroatoms. The third kappa shape index (κ3) is 4.11. The van der Waals surface area contributed by atoms with E-state index in [1.54, 1.807) is 18.0 Å². The maximum absolute atomic E-state index is 13.4. The predicted octanol–water partition coefficient (Wildman–Crippen LogP) is 5.42. The van der Waals surface area contributed by atoms with E-state index in [1.165, 1.54) is 5.56 Å². The van der Waals surface area contributed by atoms with E-state index in [2.05, 4.69) is 29.6 Å². The zero-order chi connectivity index (χ0) is 24.9. The number of hydrogen-bond acceptors (Lipinski definition) is 5. The zero-order valence-corrected chi connectivity index (χ0v) is 20.7. The summed E-state index contributed by atoms with van der Waals surface area (Å²) in [5.74, 6) is 1.19. The number of rotatable bonds is 4. The average Bonchev–Trinajstić information content (AvgIpc) is 3.23. The van der Waals surface area contributed by atoms with Crippen LogP contribution in [-0.4, -0.2) is 28.6 Å². The molecular weight excluding hydrogens is 440 g/mol. The lowest BCUT2D eigenvalue weighted by atomic mass is 9.73.